The molecule has 0 amide bonds. The number of benzene rings is 6. The first-order valence-corrected chi connectivity index (χ1v) is 9.73. The van der Waals surface area contributed by atoms with Gasteiger partial charge in [-0.15, -0.1) is 0 Å². The van der Waals surface area contributed by atoms with Crippen molar-refractivity contribution in [3.8, 4) is 22.3 Å². The molecule has 0 fully saturated rings. The molecule has 0 nitrogen and oxygen atoms in total. The van der Waals surface area contributed by atoms with Crippen molar-refractivity contribution in [2.45, 2.75) is 0 Å². The zero-order valence-corrected chi connectivity index (χ0v) is 17.0. The molecule has 0 radical (unpaired) electrons. The van der Waals surface area contributed by atoms with E-state index in [0.717, 1.165) is 0 Å². The molecule has 0 saturated heterocycles. The van der Waals surface area contributed by atoms with Crippen LogP contribution in [0.15, 0.2) is 119 Å². The third-order valence-corrected chi connectivity index (χ3v) is 5.54. The molecule has 6 rings (SSSR count). The lowest BCUT2D eigenvalue weighted by molar-refractivity contribution is 1.63. The van der Waals surface area contributed by atoms with Crippen molar-refractivity contribution in [3.63, 3.8) is 0 Å². The van der Waals surface area contributed by atoms with E-state index in [-0.39, 0.29) is 26.0 Å². The van der Waals surface area contributed by atoms with Gasteiger partial charge in [-0.2, -0.15) is 0 Å². The van der Waals surface area contributed by atoms with E-state index in [0.29, 0.717) is 0 Å². The minimum atomic E-state index is -0.897. The predicted octanol–water partition coefficient (Wildman–Crippen LogP) is 9.24. The molecule has 0 unspecified atom stereocenters. The third kappa shape index (κ3) is 2.97. The van der Waals surface area contributed by atoms with E-state index < -0.39 is 148 Å². The molecule has 0 heterocycles. The summed E-state index contributed by atoms with van der Waals surface area (Å²) in [5.74, 6) is 0. The highest BCUT2D eigenvalue weighted by Gasteiger charge is 2.14. The Labute approximate surface area is 216 Å². The van der Waals surface area contributed by atoms with Gasteiger partial charge < -0.3 is 0 Å². The van der Waals surface area contributed by atoms with Crippen molar-refractivity contribution in [2.24, 2.45) is 0 Å². The smallest absolute Gasteiger partial charge is 0.0616 e. The van der Waals surface area contributed by atoms with E-state index >= 15 is 0 Å². The fourth-order valence-electron chi connectivity index (χ4n) is 3.39. The highest BCUT2D eigenvalue weighted by atomic mass is 79.9. The van der Waals surface area contributed by atoms with Crippen LogP contribution in [0.25, 0.3) is 54.6 Å². The third-order valence-electron chi connectivity index (χ3n) is 4.75. The van der Waals surface area contributed by atoms with Crippen molar-refractivity contribution in [1.82, 2.24) is 0 Å². The minimum absolute atomic E-state index is 0.130. The SMILES string of the molecule is [2H]c1c([2H])c(-c2c3c([2H])c([2H])c([2H])c([2H])c3c(Br)c3c([2H])c([2H])c([2H])c([2H])c23)c([2H])c([2H])c1-c1c([2H])c([2H])c([2H])c2c([2H])c([2H])c([2H])c([2H])c12. The van der Waals surface area contributed by atoms with Crippen molar-refractivity contribution < 1.29 is 26.0 Å². The lowest BCUT2D eigenvalue weighted by Crippen LogP contribution is -1.88. The summed E-state index contributed by atoms with van der Waals surface area (Å²) in [5.41, 5.74) is -2.32. The summed E-state index contributed by atoms with van der Waals surface area (Å²) in [6, 6.07) is -14.4. The summed E-state index contributed by atoms with van der Waals surface area (Å²) >= 11 is 3.27. The van der Waals surface area contributed by atoms with E-state index in [1.807, 2.05) is 0 Å². The molecule has 0 N–H and O–H groups in total. The highest BCUT2D eigenvalue weighted by Crippen LogP contribution is 2.42. The molecule has 0 atom stereocenters. The van der Waals surface area contributed by atoms with Crippen LogP contribution in [0.5, 0.6) is 0 Å². The summed E-state index contributed by atoms with van der Waals surface area (Å²) in [7, 11) is 0. The zero-order valence-electron chi connectivity index (χ0n) is 34.4. The lowest BCUT2D eigenvalue weighted by Gasteiger charge is -2.15. The van der Waals surface area contributed by atoms with Gasteiger partial charge in [-0.25, -0.2) is 0 Å². The number of hydrogen-bond acceptors (Lipinski definition) is 0. The molecule has 0 spiro atoms. The number of fused-ring (bicyclic) bond motifs is 3. The maximum absolute atomic E-state index is 9.17. The van der Waals surface area contributed by atoms with Crippen LogP contribution in [-0.4, -0.2) is 0 Å². The maximum Gasteiger partial charge on any atom is 0.0630 e. The molecule has 146 valence electrons. The predicted molar refractivity (Wildman–Crippen MR) is 138 cm³/mol. The molecule has 0 bridgehead atoms. The van der Waals surface area contributed by atoms with Gasteiger partial charge in [-0.05, 0) is 70.5 Å². The molecule has 31 heavy (non-hydrogen) atoms. The van der Waals surface area contributed by atoms with Crippen LogP contribution in [0.1, 0.15) is 26.0 Å². The Morgan fingerprint density at radius 1 is 0.452 bits per heavy atom. The summed E-state index contributed by atoms with van der Waals surface area (Å²) in [6.07, 6.45) is 0. The molecule has 0 saturated carbocycles. The summed E-state index contributed by atoms with van der Waals surface area (Å²) in [6.45, 7) is 0. The summed E-state index contributed by atoms with van der Waals surface area (Å²) in [4.78, 5) is 0. The Hall–Kier alpha value is -3.42. The Morgan fingerprint density at radius 3 is 1.58 bits per heavy atom. The van der Waals surface area contributed by atoms with Crippen LogP contribution < -0.4 is 0 Å². The van der Waals surface area contributed by atoms with E-state index in [2.05, 4.69) is 15.9 Å². The lowest BCUT2D eigenvalue weighted by atomic mass is 9.90. The second-order valence-corrected chi connectivity index (χ2v) is 7.23. The van der Waals surface area contributed by atoms with Gasteiger partial charge in [0.05, 0.1) is 26.0 Å². The topological polar surface area (TPSA) is 0 Å². The van der Waals surface area contributed by atoms with Gasteiger partial charge in [0.1, 0.15) is 0 Å². The van der Waals surface area contributed by atoms with Crippen LogP contribution >= 0.6 is 15.9 Å². The second-order valence-electron chi connectivity index (χ2n) is 6.44. The summed E-state index contributed by atoms with van der Waals surface area (Å²) < 4.78 is 163. The first kappa shape index (κ1) is 7.32. The standard InChI is InChI=1S/C30H19Br/c31-30-27-13-5-3-11-25(27)29(26-12-4-6-14-28(26)30)22-18-16-21(17-19-22)24-15-7-9-20-8-1-2-10-23(20)24/h1-19H/i1D,2D,3D,4D,5D,6D,7D,8D,9D,10D,11D,12D,13D,14D,15D,16D,17D,18D,19D. The van der Waals surface area contributed by atoms with Gasteiger partial charge >= 0.3 is 0 Å². The van der Waals surface area contributed by atoms with E-state index in [1.54, 1.807) is 0 Å². The van der Waals surface area contributed by atoms with Gasteiger partial charge in [0, 0.05) is 4.47 Å². The van der Waals surface area contributed by atoms with Crippen molar-refractivity contribution in [2.75, 3.05) is 0 Å². The zero-order chi connectivity index (χ0) is 37.3. The molecular formula is C30H19Br. The number of rotatable bonds is 2. The van der Waals surface area contributed by atoms with Crippen LogP contribution in [0.2, 0.25) is 0 Å². The molecular weight excluding hydrogens is 440 g/mol. The van der Waals surface area contributed by atoms with Gasteiger partial charge in [0.2, 0.25) is 0 Å². The second kappa shape index (κ2) is 7.37. The average molecular weight is 479 g/mol. The molecule has 0 aromatic heterocycles. The largest absolute Gasteiger partial charge is 0.0630 e. The number of hydrogen-bond donors (Lipinski definition) is 0. The van der Waals surface area contributed by atoms with Crippen LogP contribution in [0.4, 0.5) is 0 Å². The Kier molecular flexibility index (Phi) is 1.74. The van der Waals surface area contributed by atoms with E-state index in [4.69, 9.17) is 26.0 Å². The monoisotopic (exact) mass is 477 g/mol. The Balaban J connectivity index is 1.93. The Bertz CT molecular complexity index is 2480. The molecule has 6 aromatic carbocycles. The van der Waals surface area contributed by atoms with Crippen molar-refractivity contribution in [3.05, 3.63) is 119 Å². The average Bonchev–Trinajstić information content (AvgIpc) is 3.08. The van der Waals surface area contributed by atoms with Crippen molar-refractivity contribution in [1.29, 1.82) is 0 Å². The molecule has 0 aliphatic rings. The molecule has 0 aliphatic heterocycles. The highest BCUT2D eigenvalue weighted by molar-refractivity contribution is 9.10. The van der Waals surface area contributed by atoms with Crippen LogP contribution in [-0.2, 0) is 0 Å². The van der Waals surface area contributed by atoms with E-state index in [9.17, 15) is 0 Å². The first-order chi connectivity index (χ1) is 23.2. The molecule has 0 aliphatic carbocycles. The van der Waals surface area contributed by atoms with Gasteiger partial charge in [0.25, 0.3) is 0 Å². The van der Waals surface area contributed by atoms with Crippen LogP contribution in [0.3, 0.4) is 0 Å². The molecule has 6 aromatic rings. The minimum Gasteiger partial charge on any atom is -0.0616 e. The first-order valence-electron chi connectivity index (χ1n) is 18.4. The van der Waals surface area contributed by atoms with Gasteiger partial charge in [0.15, 0.2) is 0 Å². The number of halogens is 1. The maximum atomic E-state index is 9.17. The molecule has 1 heteroatoms. The fraction of sp³-hybridized carbons (Fsp3) is 0. The normalized spacial score (nSPS) is 20.0. The fourth-order valence-corrected chi connectivity index (χ4v) is 3.99. The van der Waals surface area contributed by atoms with Crippen molar-refractivity contribution >= 4 is 48.2 Å². The van der Waals surface area contributed by atoms with Crippen LogP contribution in [0, 0.1) is 0 Å². The Morgan fingerprint density at radius 2 is 0.935 bits per heavy atom. The van der Waals surface area contributed by atoms with E-state index in [1.165, 1.54) is 0 Å². The quantitative estimate of drug-likeness (QED) is 0.218. The van der Waals surface area contributed by atoms with Gasteiger partial charge in [-0.1, -0.05) is 115 Å². The summed E-state index contributed by atoms with van der Waals surface area (Å²) in [5, 5.41) is -2.24. The van der Waals surface area contributed by atoms with Gasteiger partial charge in [-0.3, -0.25) is 0 Å².